The lowest BCUT2D eigenvalue weighted by atomic mass is 9.96. The van der Waals surface area contributed by atoms with Crippen molar-refractivity contribution >= 4 is 16.0 Å². The molecule has 0 aliphatic carbocycles. The maximum atomic E-state index is 13.2. The van der Waals surface area contributed by atoms with Crippen LogP contribution in [0.25, 0.3) is 0 Å². The Morgan fingerprint density at radius 1 is 1.14 bits per heavy atom. The van der Waals surface area contributed by atoms with E-state index in [4.69, 9.17) is 8.92 Å². The molecule has 0 aliphatic heterocycles. The van der Waals surface area contributed by atoms with Gasteiger partial charge >= 0.3 is 10.1 Å². The topological polar surface area (TPSA) is 72.9 Å². The molecule has 0 bridgehead atoms. The van der Waals surface area contributed by atoms with E-state index < -0.39 is 10.1 Å². The zero-order valence-corrected chi connectivity index (χ0v) is 18.8. The second-order valence-corrected chi connectivity index (χ2v) is 8.82. The molecule has 28 heavy (non-hydrogen) atoms. The highest BCUT2D eigenvalue weighted by molar-refractivity contribution is 7.86. The molecule has 1 aromatic rings. The molecule has 0 N–H and O–H groups in total. The third-order valence-electron chi connectivity index (χ3n) is 4.98. The van der Waals surface area contributed by atoms with Crippen molar-refractivity contribution in [1.82, 2.24) is 4.90 Å². The van der Waals surface area contributed by atoms with Crippen LogP contribution in [-0.4, -0.2) is 38.6 Å². The van der Waals surface area contributed by atoms with Crippen LogP contribution in [-0.2, 0) is 21.5 Å². The Bertz CT molecular complexity index is 732. The molecular formula is C21H35NO5S. The lowest BCUT2D eigenvalue weighted by molar-refractivity contribution is -0.138. The fraction of sp³-hybridized carbons (Fsp3) is 0.667. The van der Waals surface area contributed by atoms with Gasteiger partial charge in [-0.2, -0.15) is 8.42 Å². The standard InChI is InChI=1S/C21H35NO5S/c1-7-10-11-18(9-3)21(23)22(16(4)8-2)15-17-12-13-19(26-5)20(14-17)27-28(6,24)25/h12-14,16,18H,7-11,15H2,1-6H3/t16-,18-/m1/s1. The molecule has 1 amide bonds. The van der Waals surface area contributed by atoms with Crippen LogP contribution in [0.5, 0.6) is 11.5 Å². The first-order valence-corrected chi connectivity index (χ1v) is 11.8. The van der Waals surface area contributed by atoms with Crippen LogP contribution >= 0.6 is 0 Å². The number of carbonyl (C=O) groups is 1. The van der Waals surface area contributed by atoms with Gasteiger partial charge in [0.25, 0.3) is 0 Å². The Hall–Kier alpha value is -1.76. The predicted octanol–water partition coefficient (Wildman–Crippen LogP) is 4.38. The summed E-state index contributed by atoms with van der Waals surface area (Å²) in [5, 5.41) is 0. The number of methoxy groups -OCH3 is 1. The van der Waals surface area contributed by atoms with Crippen molar-refractivity contribution in [3.63, 3.8) is 0 Å². The third kappa shape index (κ3) is 7.34. The summed E-state index contributed by atoms with van der Waals surface area (Å²) in [7, 11) is -2.22. The molecule has 2 atom stereocenters. The molecule has 0 aliphatic rings. The molecule has 1 aromatic carbocycles. The minimum atomic E-state index is -3.68. The van der Waals surface area contributed by atoms with Gasteiger partial charge < -0.3 is 13.8 Å². The van der Waals surface area contributed by atoms with Crippen molar-refractivity contribution in [2.24, 2.45) is 5.92 Å². The summed E-state index contributed by atoms with van der Waals surface area (Å²) >= 11 is 0. The van der Waals surface area contributed by atoms with E-state index in [0.717, 1.165) is 43.9 Å². The van der Waals surface area contributed by atoms with Gasteiger partial charge in [-0.15, -0.1) is 0 Å². The van der Waals surface area contributed by atoms with Gasteiger partial charge in [0.1, 0.15) is 0 Å². The number of hydrogen-bond acceptors (Lipinski definition) is 5. The minimum absolute atomic E-state index is 0.0129. The van der Waals surface area contributed by atoms with E-state index in [2.05, 4.69) is 20.8 Å². The van der Waals surface area contributed by atoms with Gasteiger partial charge in [-0.1, -0.05) is 39.7 Å². The number of amides is 1. The van der Waals surface area contributed by atoms with E-state index in [9.17, 15) is 13.2 Å². The molecule has 0 heterocycles. The first kappa shape index (κ1) is 24.3. The lowest BCUT2D eigenvalue weighted by Crippen LogP contribution is -2.41. The van der Waals surface area contributed by atoms with Gasteiger partial charge in [0.2, 0.25) is 5.91 Å². The number of hydrogen-bond donors (Lipinski definition) is 0. The molecule has 6 nitrogen and oxygen atoms in total. The zero-order chi connectivity index (χ0) is 21.3. The SMILES string of the molecule is CCCC[C@@H](CC)C(=O)N(Cc1ccc(OC)c(OS(C)(=O)=O)c1)[C@H](C)CC. The summed E-state index contributed by atoms with van der Waals surface area (Å²) in [5.41, 5.74) is 0.804. The van der Waals surface area contributed by atoms with Crippen molar-refractivity contribution in [3.8, 4) is 11.5 Å². The molecule has 160 valence electrons. The van der Waals surface area contributed by atoms with Crippen LogP contribution in [0.1, 0.15) is 65.4 Å². The van der Waals surface area contributed by atoms with Crippen LogP contribution in [0, 0.1) is 5.92 Å². The van der Waals surface area contributed by atoms with Crippen LogP contribution in [0.3, 0.4) is 0 Å². The highest BCUT2D eigenvalue weighted by Gasteiger charge is 2.26. The predicted molar refractivity (Wildman–Crippen MR) is 112 cm³/mol. The summed E-state index contributed by atoms with van der Waals surface area (Å²) in [4.78, 5) is 15.1. The number of rotatable bonds is 12. The second kappa shape index (κ2) is 11.3. The second-order valence-electron chi connectivity index (χ2n) is 7.24. The summed E-state index contributed by atoms with van der Waals surface area (Å²) < 4.78 is 33.4. The Morgan fingerprint density at radius 3 is 2.32 bits per heavy atom. The number of unbranched alkanes of at least 4 members (excludes halogenated alkanes) is 1. The molecule has 0 unspecified atom stereocenters. The highest BCUT2D eigenvalue weighted by Crippen LogP contribution is 2.30. The first-order chi connectivity index (χ1) is 13.2. The molecular weight excluding hydrogens is 378 g/mol. The Labute approximate surface area is 170 Å². The quantitative estimate of drug-likeness (QED) is 0.476. The fourth-order valence-electron chi connectivity index (χ4n) is 3.10. The van der Waals surface area contributed by atoms with Crippen LogP contribution in [0.15, 0.2) is 18.2 Å². The molecule has 7 heteroatoms. The lowest BCUT2D eigenvalue weighted by Gasteiger charge is -2.32. The third-order valence-corrected chi connectivity index (χ3v) is 5.46. The number of benzene rings is 1. The van der Waals surface area contributed by atoms with Crippen molar-refractivity contribution in [1.29, 1.82) is 0 Å². The maximum absolute atomic E-state index is 13.2. The first-order valence-electron chi connectivity index (χ1n) is 10.0. The maximum Gasteiger partial charge on any atom is 0.306 e. The Morgan fingerprint density at radius 2 is 1.82 bits per heavy atom. The van der Waals surface area contributed by atoms with Crippen molar-refractivity contribution in [2.45, 2.75) is 72.4 Å². The largest absolute Gasteiger partial charge is 0.493 e. The molecule has 0 radical (unpaired) electrons. The van der Waals surface area contributed by atoms with E-state index in [1.54, 1.807) is 12.1 Å². The van der Waals surface area contributed by atoms with Gasteiger partial charge in [-0.3, -0.25) is 4.79 Å². The summed E-state index contributed by atoms with van der Waals surface area (Å²) in [6.45, 7) is 8.69. The molecule has 0 aromatic heterocycles. The van der Waals surface area contributed by atoms with Gasteiger partial charge in [-0.05, 0) is 43.9 Å². The normalized spacial score (nSPS) is 13.6. The average Bonchev–Trinajstić information content (AvgIpc) is 2.64. The number of nitrogens with zero attached hydrogens (tertiary/aromatic N) is 1. The fourth-order valence-corrected chi connectivity index (χ4v) is 3.56. The smallest absolute Gasteiger partial charge is 0.306 e. The van der Waals surface area contributed by atoms with Crippen LogP contribution in [0.4, 0.5) is 0 Å². The number of ether oxygens (including phenoxy) is 1. The Kier molecular flexibility index (Phi) is 9.79. The summed E-state index contributed by atoms with van der Waals surface area (Å²) in [6, 6.07) is 5.23. The molecule has 0 fully saturated rings. The van der Waals surface area contributed by atoms with Crippen molar-refractivity contribution in [2.75, 3.05) is 13.4 Å². The zero-order valence-electron chi connectivity index (χ0n) is 18.0. The van der Waals surface area contributed by atoms with Crippen molar-refractivity contribution in [3.05, 3.63) is 23.8 Å². The highest BCUT2D eigenvalue weighted by atomic mass is 32.2. The molecule has 0 saturated carbocycles. The number of carbonyl (C=O) groups excluding carboxylic acids is 1. The molecule has 0 saturated heterocycles. The van der Waals surface area contributed by atoms with Gasteiger partial charge in [0.15, 0.2) is 11.5 Å². The van der Waals surface area contributed by atoms with Crippen LogP contribution < -0.4 is 8.92 Å². The van der Waals surface area contributed by atoms with E-state index in [1.165, 1.54) is 7.11 Å². The van der Waals surface area contributed by atoms with E-state index in [-0.39, 0.29) is 23.6 Å². The van der Waals surface area contributed by atoms with Gasteiger partial charge in [-0.25, -0.2) is 0 Å². The Balaban J connectivity index is 3.15. The van der Waals surface area contributed by atoms with E-state index >= 15 is 0 Å². The monoisotopic (exact) mass is 413 g/mol. The summed E-state index contributed by atoms with van der Waals surface area (Å²) in [6.07, 6.45) is 5.65. The van der Waals surface area contributed by atoms with E-state index in [1.807, 2.05) is 17.9 Å². The molecule has 0 spiro atoms. The average molecular weight is 414 g/mol. The van der Waals surface area contributed by atoms with Crippen molar-refractivity contribution < 1.29 is 22.1 Å². The molecule has 1 rings (SSSR count). The minimum Gasteiger partial charge on any atom is -0.493 e. The van der Waals surface area contributed by atoms with Gasteiger partial charge in [0.05, 0.1) is 13.4 Å². The summed E-state index contributed by atoms with van der Waals surface area (Å²) in [5.74, 6) is 0.646. The van der Waals surface area contributed by atoms with E-state index in [0.29, 0.717) is 12.3 Å². The van der Waals surface area contributed by atoms with Crippen LogP contribution in [0.2, 0.25) is 0 Å². The van der Waals surface area contributed by atoms with Gasteiger partial charge in [0, 0.05) is 18.5 Å².